The smallest absolute Gasteiger partial charge is 0.0706 e. The highest BCUT2D eigenvalue weighted by atomic mass is 15.3. The van der Waals surface area contributed by atoms with Gasteiger partial charge in [-0.1, -0.05) is 30.3 Å². The van der Waals surface area contributed by atoms with E-state index in [1.807, 2.05) is 0 Å². The normalized spacial score (nSPS) is 20.9. The van der Waals surface area contributed by atoms with Crippen LogP contribution in [0.5, 0.6) is 0 Å². The van der Waals surface area contributed by atoms with E-state index in [-0.39, 0.29) is 6.04 Å². The average molecular weight is 295 g/mol. The van der Waals surface area contributed by atoms with Gasteiger partial charge in [0.2, 0.25) is 0 Å². The summed E-state index contributed by atoms with van der Waals surface area (Å²) in [6.07, 6.45) is 8.39. The van der Waals surface area contributed by atoms with Gasteiger partial charge < -0.3 is 5.73 Å². The highest BCUT2D eigenvalue weighted by molar-refractivity contribution is 5.36. The molecule has 1 aromatic heterocycles. The minimum atomic E-state index is 0.224. The molecule has 1 fully saturated rings. The molecule has 2 N–H and O–H groups in total. The van der Waals surface area contributed by atoms with E-state index in [0.29, 0.717) is 5.92 Å². The molecule has 2 aliphatic carbocycles. The second-order valence-electron chi connectivity index (χ2n) is 6.83. The molecule has 2 aromatic rings. The fourth-order valence-corrected chi connectivity index (χ4v) is 3.75. The van der Waals surface area contributed by atoms with Gasteiger partial charge in [-0.05, 0) is 50.5 Å². The molecule has 0 bridgehead atoms. The van der Waals surface area contributed by atoms with Crippen LogP contribution >= 0.6 is 0 Å². The Morgan fingerprint density at radius 1 is 1.14 bits per heavy atom. The molecule has 1 heterocycles. The lowest BCUT2D eigenvalue weighted by Gasteiger charge is -2.20. The van der Waals surface area contributed by atoms with Crippen LogP contribution < -0.4 is 5.73 Å². The lowest BCUT2D eigenvalue weighted by atomic mass is 9.90. The zero-order chi connectivity index (χ0) is 14.9. The quantitative estimate of drug-likeness (QED) is 0.913. The zero-order valence-corrected chi connectivity index (χ0v) is 13.2. The van der Waals surface area contributed by atoms with E-state index in [9.17, 15) is 0 Å². The van der Waals surface area contributed by atoms with Gasteiger partial charge in [-0.3, -0.25) is 4.68 Å². The van der Waals surface area contributed by atoms with Crippen molar-refractivity contribution in [1.29, 1.82) is 0 Å². The lowest BCUT2D eigenvalue weighted by molar-refractivity contribution is 0.509. The topological polar surface area (TPSA) is 43.8 Å². The molecule has 1 atom stereocenters. The van der Waals surface area contributed by atoms with Crippen LogP contribution in [0, 0.1) is 0 Å². The second kappa shape index (κ2) is 5.88. The van der Waals surface area contributed by atoms with Gasteiger partial charge in [0.1, 0.15) is 0 Å². The van der Waals surface area contributed by atoms with Gasteiger partial charge in [0.25, 0.3) is 0 Å². The molecule has 0 spiro atoms. The van der Waals surface area contributed by atoms with Crippen LogP contribution in [0.4, 0.5) is 0 Å². The van der Waals surface area contributed by atoms with Gasteiger partial charge >= 0.3 is 0 Å². The first-order valence-corrected chi connectivity index (χ1v) is 8.72. The van der Waals surface area contributed by atoms with E-state index in [4.69, 9.17) is 10.8 Å². The van der Waals surface area contributed by atoms with E-state index in [2.05, 4.69) is 35.0 Å². The molecule has 0 aliphatic heterocycles. The van der Waals surface area contributed by atoms with Crippen molar-refractivity contribution < 1.29 is 0 Å². The fourth-order valence-electron chi connectivity index (χ4n) is 3.75. The molecule has 0 amide bonds. The molecule has 3 heteroatoms. The monoisotopic (exact) mass is 295 g/mol. The van der Waals surface area contributed by atoms with E-state index in [0.717, 1.165) is 32.2 Å². The standard InChI is InChI=1S/C19H25N3/c20-16-9-4-10-17-18(16)19(15-11-12-15)21-22(17)13-5-8-14-6-2-1-3-7-14/h1-3,6-7,15-16H,4-5,8-13,20H2. The molecule has 1 aromatic carbocycles. The van der Waals surface area contributed by atoms with Gasteiger partial charge in [-0.25, -0.2) is 0 Å². The molecule has 4 rings (SSSR count). The number of benzene rings is 1. The van der Waals surface area contributed by atoms with Crippen molar-refractivity contribution in [3.63, 3.8) is 0 Å². The van der Waals surface area contributed by atoms with E-state index in [1.165, 1.54) is 41.8 Å². The van der Waals surface area contributed by atoms with Gasteiger partial charge in [0.05, 0.1) is 5.69 Å². The van der Waals surface area contributed by atoms with E-state index in [1.54, 1.807) is 0 Å². The number of hydrogen-bond donors (Lipinski definition) is 1. The van der Waals surface area contributed by atoms with Crippen molar-refractivity contribution >= 4 is 0 Å². The summed E-state index contributed by atoms with van der Waals surface area (Å²) in [4.78, 5) is 0. The summed E-state index contributed by atoms with van der Waals surface area (Å²) in [7, 11) is 0. The third-order valence-corrected chi connectivity index (χ3v) is 5.07. The average Bonchev–Trinajstić information content (AvgIpc) is 3.32. The summed E-state index contributed by atoms with van der Waals surface area (Å²) in [5.74, 6) is 0.702. The summed E-state index contributed by atoms with van der Waals surface area (Å²) < 4.78 is 2.28. The molecule has 0 saturated heterocycles. The summed E-state index contributed by atoms with van der Waals surface area (Å²) in [6.45, 7) is 1.02. The molecule has 2 aliphatic rings. The second-order valence-corrected chi connectivity index (χ2v) is 6.83. The van der Waals surface area contributed by atoms with Crippen LogP contribution in [0.15, 0.2) is 30.3 Å². The Hall–Kier alpha value is -1.61. The predicted molar refractivity (Wildman–Crippen MR) is 88.8 cm³/mol. The van der Waals surface area contributed by atoms with Crippen molar-refractivity contribution in [2.75, 3.05) is 0 Å². The van der Waals surface area contributed by atoms with E-state index < -0.39 is 0 Å². The Kier molecular flexibility index (Phi) is 3.75. The third kappa shape index (κ3) is 2.70. The SMILES string of the molecule is NC1CCCc2c1c(C1CC1)nn2CCCc1ccccc1. The summed E-state index contributed by atoms with van der Waals surface area (Å²) in [6, 6.07) is 11.0. The van der Waals surface area contributed by atoms with Crippen molar-refractivity contribution in [2.24, 2.45) is 5.73 Å². The first-order chi connectivity index (χ1) is 10.8. The number of nitrogens with two attached hydrogens (primary N) is 1. The van der Waals surface area contributed by atoms with E-state index >= 15 is 0 Å². The summed E-state index contributed by atoms with van der Waals surface area (Å²) in [5, 5.41) is 4.97. The number of rotatable bonds is 5. The van der Waals surface area contributed by atoms with Gasteiger partial charge in [-0.2, -0.15) is 5.10 Å². The fraction of sp³-hybridized carbons (Fsp3) is 0.526. The third-order valence-electron chi connectivity index (χ3n) is 5.07. The minimum Gasteiger partial charge on any atom is -0.324 e. The largest absolute Gasteiger partial charge is 0.324 e. The molecule has 0 radical (unpaired) electrons. The van der Waals surface area contributed by atoms with Gasteiger partial charge in [-0.15, -0.1) is 0 Å². The number of nitrogens with zero attached hydrogens (tertiary/aromatic N) is 2. The number of aromatic nitrogens is 2. The minimum absolute atomic E-state index is 0.224. The maximum atomic E-state index is 6.39. The van der Waals surface area contributed by atoms with Crippen LogP contribution in [0.3, 0.4) is 0 Å². The Morgan fingerprint density at radius 3 is 2.73 bits per heavy atom. The highest BCUT2D eigenvalue weighted by Gasteiger charge is 2.34. The van der Waals surface area contributed by atoms with Crippen LogP contribution in [-0.2, 0) is 19.4 Å². The molecular formula is C19H25N3. The molecule has 22 heavy (non-hydrogen) atoms. The van der Waals surface area contributed by atoms with Crippen LogP contribution in [0.1, 0.15) is 66.6 Å². The maximum Gasteiger partial charge on any atom is 0.0706 e. The van der Waals surface area contributed by atoms with Gasteiger partial charge in [0, 0.05) is 29.8 Å². The number of hydrogen-bond acceptors (Lipinski definition) is 2. The molecule has 1 saturated carbocycles. The Bertz CT molecular complexity index is 640. The Morgan fingerprint density at radius 2 is 1.95 bits per heavy atom. The van der Waals surface area contributed by atoms with Gasteiger partial charge in [0.15, 0.2) is 0 Å². The lowest BCUT2D eigenvalue weighted by Crippen LogP contribution is -2.19. The first-order valence-electron chi connectivity index (χ1n) is 8.72. The molecule has 1 unspecified atom stereocenters. The maximum absolute atomic E-state index is 6.39. The summed E-state index contributed by atoms with van der Waals surface area (Å²) in [5.41, 5.74) is 12.0. The Balaban J connectivity index is 1.51. The highest BCUT2D eigenvalue weighted by Crippen LogP contribution is 2.45. The van der Waals surface area contributed by atoms with Crippen molar-refractivity contribution in [1.82, 2.24) is 9.78 Å². The molecule has 3 nitrogen and oxygen atoms in total. The van der Waals surface area contributed by atoms with Crippen LogP contribution in [0.25, 0.3) is 0 Å². The van der Waals surface area contributed by atoms with Crippen LogP contribution in [0.2, 0.25) is 0 Å². The van der Waals surface area contributed by atoms with Crippen LogP contribution in [-0.4, -0.2) is 9.78 Å². The van der Waals surface area contributed by atoms with Crippen molar-refractivity contribution in [3.8, 4) is 0 Å². The first kappa shape index (κ1) is 14.0. The summed E-state index contributed by atoms with van der Waals surface area (Å²) >= 11 is 0. The zero-order valence-electron chi connectivity index (χ0n) is 13.2. The predicted octanol–water partition coefficient (Wildman–Crippen LogP) is 3.73. The number of fused-ring (bicyclic) bond motifs is 1. The van der Waals surface area contributed by atoms with Crippen molar-refractivity contribution in [3.05, 3.63) is 52.8 Å². The molecular weight excluding hydrogens is 270 g/mol. The van der Waals surface area contributed by atoms with Crippen molar-refractivity contribution in [2.45, 2.75) is 63.5 Å². The molecule has 116 valence electrons. The number of aryl methyl sites for hydroxylation is 2. The Labute approximate surface area is 132 Å².